The molecule has 1 saturated heterocycles. The van der Waals surface area contributed by atoms with Crippen LogP contribution in [-0.4, -0.2) is 46.4 Å². The molecular formula is C25H32FN3O2. The normalized spacial score (nSPS) is 24.0. The predicted molar refractivity (Wildman–Crippen MR) is 121 cm³/mol. The molecule has 5 nitrogen and oxygen atoms in total. The molecule has 6 heteroatoms. The number of hydroxylamine groups is 1. The van der Waals surface area contributed by atoms with Crippen molar-refractivity contribution in [2.24, 2.45) is 5.41 Å². The molecule has 1 aliphatic heterocycles. The summed E-state index contributed by atoms with van der Waals surface area (Å²) in [4.78, 5) is 14.2. The van der Waals surface area contributed by atoms with Crippen LogP contribution in [0.4, 0.5) is 4.39 Å². The van der Waals surface area contributed by atoms with E-state index in [2.05, 4.69) is 46.7 Å². The molecule has 0 bridgehead atoms. The minimum Gasteiger partial charge on any atom is -0.343 e. The molecule has 1 aromatic heterocycles. The Bertz CT molecular complexity index is 1030. The van der Waals surface area contributed by atoms with Crippen molar-refractivity contribution in [2.75, 3.05) is 19.8 Å². The smallest absolute Gasteiger partial charge is 0.253 e. The molecule has 1 fully saturated rings. The predicted octanol–water partition coefficient (Wildman–Crippen LogP) is 4.32. The van der Waals surface area contributed by atoms with Gasteiger partial charge in [0.25, 0.3) is 5.91 Å². The van der Waals surface area contributed by atoms with Crippen LogP contribution >= 0.6 is 0 Å². The molecular weight excluding hydrogens is 393 g/mol. The summed E-state index contributed by atoms with van der Waals surface area (Å²) in [5, 5.41) is 10.2. The van der Waals surface area contributed by atoms with Crippen molar-refractivity contribution in [2.45, 2.75) is 52.1 Å². The van der Waals surface area contributed by atoms with E-state index in [9.17, 15) is 9.18 Å². The fourth-order valence-corrected chi connectivity index (χ4v) is 5.01. The van der Waals surface area contributed by atoms with E-state index in [-0.39, 0.29) is 18.6 Å². The molecule has 2 aliphatic rings. The van der Waals surface area contributed by atoms with E-state index < -0.39 is 5.41 Å². The Morgan fingerprint density at radius 3 is 2.84 bits per heavy atom. The average molecular weight is 426 g/mol. The maximum atomic E-state index is 13.3. The van der Waals surface area contributed by atoms with Gasteiger partial charge in [-0.3, -0.25) is 14.9 Å². The summed E-state index contributed by atoms with van der Waals surface area (Å²) in [7, 11) is 0. The van der Waals surface area contributed by atoms with Crippen molar-refractivity contribution in [1.29, 1.82) is 0 Å². The summed E-state index contributed by atoms with van der Waals surface area (Å²) in [6, 6.07) is 8.55. The van der Waals surface area contributed by atoms with Crippen LogP contribution in [0.5, 0.6) is 0 Å². The number of nitrogens with zero attached hydrogens (tertiary/aromatic N) is 2. The average Bonchev–Trinajstić information content (AvgIpc) is 3.35. The topological polar surface area (TPSA) is 57.5 Å². The summed E-state index contributed by atoms with van der Waals surface area (Å²) in [6.45, 7) is 6.43. The van der Waals surface area contributed by atoms with Crippen LogP contribution in [0.2, 0.25) is 0 Å². The van der Waals surface area contributed by atoms with Crippen molar-refractivity contribution < 1.29 is 14.4 Å². The first kappa shape index (κ1) is 21.8. The van der Waals surface area contributed by atoms with Crippen LogP contribution in [0.15, 0.2) is 48.1 Å². The lowest BCUT2D eigenvalue weighted by molar-refractivity contribution is -0.136. The lowest BCUT2D eigenvalue weighted by atomic mass is 9.80. The number of fused-ring (bicyclic) bond motifs is 1. The van der Waals surface area contributed by atoms with E-state index in [0.717, 1.165) is 38.9 Å². The fourth-order valence-electron chi connectivity index (χ4n) is 5.01. The van der Waals surface area contributed by atoms with Gasteiger partial charge in [0.2, 0.25) is 0 Å². The van der Waals surface area contributed by atoms with Crippen LogP contribution < -0.4 is 5.48 Å². The van der Waals surface area contributed by atoms with Gasteiger partial charge in [-0.05, 0) is 63.3 Å². The minimum absolute atomic E-state index is 0.0737. The Morgan fingerprint density at radius 2 is 2.13 bits per heavy atom. The number of allylic oxidation sites excluding steroid dienone is 3. The molecule has 0 radical (unpaired) electrons. The highest BCUT2D eigenvalue weighted by molar-refractivity contribution is 5.86. The van der Waals surface area contributed by atoms with E-state index in [4.69, 9.17) is 5.21 Å². The van der Waals surface area contributed by atoms with E-state index in [1.54, 1.807) is 5.48 Å². The maximum Gasteiger partial charge on any atom is 0.253 e. The molecule has 0 saturated carbocycles. The zero-order valence-corrected chi connectivity index (χ0v) is 18.4. The van der Waals surface area contributed by atoms with Gasteiger partial charge in [0, 0.05) is 35.7 Å². The van der Waals surface area contributed by atoms with E-state index >= 15 is 0 Å². The number of aromatic nitrogens is 1. The molecule has 31 heavy (non-hydrogen) atoms. The molecule has 1 aliphatic carbocycles. The quantitative estimate of drug-likeness (QED) is 0.513. The van der Waals surface area contributed by atoms with Crippen LogP contribution in [0.1, 0.15) is 37.4 Å². The second kappa shape index (κ2) is 8.97. The first-order valence-electron chi connectivity index (χ1n) is 11.2. The van der Waals surface area contributed by atoms with Crippen molar-refractivity contribution >= 4 is 16.8 Å². The zero-order chi connectivity index (χ0) is 22.0. The number of likely N-dealkylation sites (tertiary alicyclic amines) is 1. The van der Waals surface area contributed by atoms with Crippen LogP contribution in [0, 0.1) is 12.3 Å². The van der Waals surface area contributed by atoms with Crippen molar-refractivity contribution in [3.05, 3.63) is 59.3 Å². The molecule has 0 spiro atoms. The van der Waals surface area contributed by atoms with Gasteiger partial charge in [0.05, 0.1) is 5.41 Å². The standard InChI is InChI=1S/C25H32FN3O2/c1-18-22(16-19-9-11-25(2,12-10-19)24(30)27-31)21-7-3-4-8-23(21)29(18)15-14-28-13-5-6-20(28)17-26/h3-4,7-11,20,31H,5-6,12-17H2,1-2H3,(H,27,30)/t20-,25?/m0/s1. The Balaban J connectivity index is 1.56. The van der Waals surface area contributed by atoms with Crippen molar-refractivity contribution in [3.8, 4) is 0 Å². The number of nitrogens with one attached hydrogen (secondary N) is 1. The summed E-state index contributed by atoms with van der Waals surface area (Å²) in [5.41, 5.74) is 5.98. The van der Waals surface area contributed by atoms with E-state index in [1.165, 1.54) is 27.7 Å². The molecule has 2 N–H and O–H groups in total. The molecule has 2 heterocycles. The third kappa shape index (κ3) is 4.19. The zero-order valence-electron chi connectivity index (χ0n) is 18.4. The minimum atomic E-state index is -0.718. The number of hydrogen-bond donors (Lipinski definition) is 2. The third-order valence-corrected chi connectivity index (χ3v) is 7.10. The van der Waals surface area contributed by atoms with Gasteiger partial charge in [-0.1, -0.05) is 36.4 Å². The Kier molecular flexibility index (Phi) is 6.30. The lowest BCUT2D eigenvalue weighted by Gasteiger charge is -2.25. The molecule has 166 valence electrons. The Morgan fingerprint density at radius 1 is 1.32 bits per heavy atom. The first-order valence-corrected chi connectivity index (χ1v) is 11.2. The van der Waals surface area contributed by atoms with Gasteiger partial charge in [-0.25, -0.2) is 9.87 Å². The number of benzene rings is 1. The second-order valence-corrected chi connectivity index (χ2v) is 9.07. The summed E-state index contributed by atoms with van der Waals surface area (Å²) >= 11 is 0. The summed E-state index contributed by atoms with van der Waals surface area (Å²) in [6.07, 6.45) is 9.37. The second-order valence-electron chi connectivity index (χ2n) is 9.07. The molecule has 1 aromatic carbocycles. The number of amides is 1. The fraction of sp³-hybridized carbons (Fsp3) is 0.480. The number of carbonyl (C=O) groups is 1. The first-order chi connectivity index (χ1) is 15.0. The molecule has 1 unspecified atom stereocenters. The van der Waals surface area contributed by atoms with Gasteiger partial charge in [-0.15, -0.1) is 0 Å². The Hall–Kier alpha value is -2.44. The molecule has 4 rings (SSSR count). The number of alkyl halides is 1. The molecule has 1 amide bonds. The lowest BCUT2D eigenvalue weighted by Crippen LogP contribution is -2.36. The molecule has 2 atom stereocenters. The third-order valence-electron chi connectivity index (χ3n) is 7.10. The highest BCUT2D eigenvalue weighted by Gasteiger charge is 2.31. The largest absolute Gasteiger partial charge is 0.343 e. The van der Waals surface area contributed by atoms with Gasteiger partial charge < -0.3 is 4.57 Å². The van der Waals surface area contributed by atoms with Gasteiger partial charge in [0.1, 0.15) is 6.67 Å². The van der Waals surface area contributed by atoms with Crippen LogP contribution in [0.3, 0.4) is 0 Å². The SMILES string of the molecule is Cc1c(CC2=CCC(C)(C(=O)NO)C=C2)c2ccccc2n1CCN1CCC[C@H]1CF. The number of halogens is 1. The van der Waals surface area contributed by atoms with E-state index in [0.29, 0.717) is 6.42 Å². The Labute approximate surface area is 183 Å². The number of rotatable bonds is 7. The van der Waals surface area contributed by atoms with Gasteiger partial charge in [-0.2, -0.15) is 0 Å². The van der Waals surface area contributed by atoms with Crippen LogP contribution in [-0.2, 0) is 17.8 Å². The van der Waals surface area contributed by atoms with E-state index in [1.807, 2.05) is 19.1 Å². The molecule has 2 aromatic rings. The van der Waals surface area contributed by atoms with Crippen molar-refractivity contribution in [3.63, 3.8) is 0 Å². The monoisotopic (exact) mass is 425 g/mol. The van der Waals surface area contributed by atoms with Gasteiger partial charge >= 0.3 is 0 Å². The van der Waals surface area contributed by atoms with Crippen molar-refractivity contribution in [1.82, 2.24) is 14.9 Å². The summed E-state index contributed by atoms with van der Waals surface area (Å²) in [5.74, 6) is -0.389. The number of para-hydroxylation sites is 1. The number of carbonyl (C=O) groups excluding carboxylic acids is 1. The maximum absolute atomic E-state index is 13.3. The van der Waals surface area contributed by atoms with Gasteiger partial charge in [0.15, 0.2) is 0 Å². The summed E-state index contributed by atoms with van der Waals surface area (Å²) < 4.78 is 15.7. The highest BCUT2D eigenvalue weighted by Crippen LogP contribution is 2.33. The highest BCUT2D eigenvalue weighted by atomic mass is 19.1. The number of hydrogen-bond acceptors (Lipinski definition) is 3. The van der Waals surface area contributed by atoms with Crippen LogP contribution in [0.25, 0.3) is 10.9 Å².